The van der Waals surface area contributed by atoms with Gasteiger partial charge in [-0.2, -0.15) is 0 Å². The highest BCUT2D eigenvalue weighted by Crippen LogP contribution is 2.33. The van der Waals surface area contributed by atoms with Crippen LogP contribution in [0, 0.1) is 11.3 Å². The molecule has 0 aromatic heterocycles. The SMILES string of the molecule is CCC1CNCC1N1CCC(C)(C(=O)NC)C1. The van der Waals surface area contributed by atoms with Crippen molar-refractivity contribution in [2.45, 2.75) is 32.7 Å². The second-order valence-electron chi connectivity index (χ2n) is 5.75. The molecule has 0 saturated carbocycles. The van der Waals surface area contributed by atoms with Crippen molar-refractivity contribution >= 4 is 5.91 Å². The van der Waals surface area contributed by atoms with Gasteiger partial charge in [-0.15, -0.1) is 0 Å². The van der Waals surface area contributed by atoms with E-state index in [1.54, 1.807) is 7.05 Å². The average Bonchev–Trinajstić information content (AvgIpc) is 2.94. The van der Waals surface area contributed by atoms with Crippen LogP contribution in [0.2, 0.25) is 0 Å². The van der Waals surface area contributed by atoms with Crippen LogP contribution in [0.15, 0.2) is 0 Å². The van der Waals surface area contributed by atoms with Crippen LogP contribution in [0.1, 0.15) is 26.7 Å². The van der Waals surface area contributed by atoms with Crippen molar-refractivity contribution in [1.82, 2.24) is 15.5 Å². The van der Waals surface area contributed by atoms with E-state index in [0.717, 1.165) is 38.5 Å². The molecule has 2 fully saturated rings. The van der Waals surface area contributed by atoms with Crippen molar-refractivity contribution in [3.05, 3.63) is 0 Å². The summed E-state index contributed by atoms with van der Waals surface area (Å²) in [6, 6.07) is 0.631. The number of amides is 1. The smallest absolute Gasteiger partial charge is 0.227 e. The Bertz CT molecular complexity index is 294. The lowest BCUT2D eigenvalue weighted by Gasteiger charge is -2.30. The van der Waals surface area contributed by atoms with Gasteiger partial charge in [-0.3, -0.25) is 9.69 Å². The molecule has 2 aliphatic heterocycles. The Balaban J connectivity index is 2.00. The van der Waals surface area contributed by atoms with E-state index in [1.165, 1.54) is 6.42 Å². The van der Waals surface area contributed by atoms with Gasteiger partial charge in [-0.25, -0.2) is 0 Å². The molecule has 17 heavy (non-hydrogen) atoms. The fraction of sp³-hybridized carbons (Fsp3) is 0.923. The monoisotopic (exact) mass is 239 g/mol. The molecule has 1 amide bonds. The Labute approximate surface area is 104 Å². The van der Waals surface area contributed by atoms with Gasteiger partial charge >= 0.3 is 0 Å². The predicted octanol–water partition coefficient (Wildman–Crippen LogP) is 0.442. The zero-order chi connectivity index (χ0) is 12.5. The molecule has 0 aromatic carbocycles. The van der Waals surface area contributed by atoms with E-state index in [0.29, 0.717) is 6.04 Å². The van der Waals surface area contributed by atoms with E-state index in [2.05, 4.69) is 29.4 Å². The van der Waals surface area contributed by atoms with Gasteiger partial charge in [0.2, 0.25) is 5.91 Å². The highest BCUT2D eigenvalue weighted by molar-refractivity contribution is 5.82. The van der Waals surface area contributed by atoms with E-state index in [-0.39, 0.29) is 11.3 Å². The first-order chi connectivity index (χ1) is 8.10. The Hall–Kier alpha value is -0.610. The summed E-state index contributed by atoms with van der Waals surface area (Å²) in [5.41, 5.74) is -0.185. The second kappa shape index (κ2) is 4.94. The molecule has 3 atom stereocenters. The maximum atomic E-state index is 11.9. The van der Waals surface area contributed by atoms with Crippen molar-refractivity contribution in [3.8, 4) is 0 Å². The van der Waals surface area contributed by atoms with Gasteiger partial charge in [0.25, 0.3) is 0 Å². The van der Waals surface area contributed by atoms with Gasteiger partial charge in [0.05, 0.1) is 5.41 Å². The van der Waals surface area contributed by atoms with Crippen LogP contribution in [-0.4, -0.2) is 50.1 Å². The number of nitrogens with zero attached hydrogens (tertiary/aromatic N) is 1. The molecule has 98 valence electrons. The molecule has 0 radical (unpaired) electrons. The summed E-state index contributed by atoms with van der Waals surface area (Å²) in [5, 5.41) is 6.28. The van der Waals surface area contributed by atoms with Gasteiger partial charge in [0.1, 0.15) is 0 Å². The van der Waals surface area contributed by atoms with Crippen LogP contribution in [0.25, 0.3) is 0 Å². The fourth-order valence-corrected chi connectivity index (χ4v) is 3.33. The number of likely N-dealkylation sites (tertiary alicyclic amines) is 1. The summed E-state index contributed by atoms with van der Waals surface area (Å²) in [7, 11) is 1.74. The molecule has 0 aromatic rings. The lowest BCUT2D eigenvalue weighted by atomic mass is 9.88. The van der Waals surface area contributed by atoms with Gasteiger partial charge in [-0.05, 0) is 32.4 Å². The highest BCUT2D eigenvalue weighted by atomic mass is 16.2. The van der Waals surface area contributed by atoms with Crippen molar-refractivity contribution in [3.63, 3.8) is 0 Å². The van der Waals surface area contributed by atoms with Crippen LogP contribution in [-0.2, 0) is 4.79 Å². The largest absolute Gasteiger partial charge is 0.359 e. The first-order valence-electron chi connectivity index (χ1n) is 6.77. The number of carbonyl (C=O) groups excluding carboxylic acids is 1. The minimum absolute atomic E-state index is 0.185. The van der Waals surface area contributed by atoms with Gasteiger partial charge in [-0.1, -0.05) is 13.3 Å². The summed E-state index contributed by atoms with van der Waals surface area (Å²) in [6.45, 7) is 8.55. The molecule has 0 spiro atoms. The molecule has 2 aliphatic rings. The minimum Gasteiger partial charge on any atom is -0.359 e. The average molecular weight is 239 g/mol. The molecular formula is C13H25N3O. The summed E-state index contributed by atoms with van der Waals surface area (Å²) >= 11 is 0. The number of nitrogens with one attached hydrogen (secondary N) is 2. The van der Waals surface area contributed by atoms with Crippen molar-refractivity contribution in [2.24, 2.45) is 11.3 Å². The Morgan fingerprint density at radius 2 is 2.29 bits per heavy atom. The number of rotatable bonds is 3. The molecule has 4 heteroatoms. The Morgan fingerprint density at radius 3 is 2.94 bits per heavy atom. The van der Waals surface area contributed by atoms with E-state index in [9.17, 15) is 4.79 Å². The van der Waals surface area contributed by atoms with Crippen LogP contribution in [0.4, 0.5) is 0 Å². The van der Waals surface area contributed by atoms with Crippen molar-refractivity contribution in [1.29, 1.82) is 0 Å². The molecular weight excluding hydrogens is 214 g/mol. The lowest BCUT2D eigenvalue weighted by Crippen LogP contribution is -2.43. The molecule has 2 rings (SSSR count). The number of hydrogen-bond donors (Lipinski definition) is 2. The van der Waals surface area contributed by atoms with Crippen LogP contribution >= 0.6 is 0 Å². The summed E-state index contributed by atoms with van der Waals surface area (Å²) in [6.07, 6.45) is 2.21. The maximum absolute atomic E-state index is 11.9. The van der Waals surface area contributed by atoms with E-state index < -0.39 is 0 Å². The zero-order valence-electron chi connectivity index (χ0n) is 11.3. The van der Waals surface area contributed by atoms with Gasteiger partial charge in [0, 0.05) is 26.2 Å². The predicted molar refractivity (Wildman–Crippen MR) is 68.8 cm³/mol. The zero-order valence-corrected chi connectivity index (χ0v) is 11.3. The van der Waals surface area contributed by atoms with Crippen molar-refractivity contribution in [2.75, 3.05) is 33.2 Å². The summed E-state index contributed by atoms with van der Waals surface area (Å²) in [4.78, 5) is 14.4. The van der Waals surface area contributed by atoms with Gasteiger partial charge in [0.15, 0.2) is 0 Å². The molecule has 3 unspecified atom stereocenters. The first-order valence-corrected chi connectivity index (χ1v) is 6.77. The minimum atomic E-state index is -0.185. The fourth-order valence-electron chi connectivity index (χ4n) is 3.33. The third-order valence-corrected chi connectivity index (χ3v) is 4.58. The van der Waals surface area contributed by atoms with Crippen molar-refractivity contribution < 1.29 is 4.79 Å². The normalized spacial score (nSPS) is 38.5. The quantitative estimate of drug-likeness (QED) is 0.751. The van der Waals surface area contributed by atoms with Crippen LogP contribution in [0.3, 0.4) is 0 Å². The highest BCUT2D eigenvalue weighted by Gasteiger charge is 2.44. The molecule has 0 bridgehead atoms. The number of hydrogen-bond acceptors (Lipinski definition) is 3. The molecule has 2 saturated heterocycles. The Morgan fingerprint density at radius 1 is 1.53 bits per heavy atom. The van der Waals surface area contributed by atoms with Gasteiger partial charge < -0.3 is 10.6 Å². The molecule has 4 nitrogen and oxygen atoms in total. The first kappa shape index (κ1) is 12.8. The second-order valence-corrected chi connectivity index (χ2v) is 5.75. The van der Waals surface area contributed by atoms with Crippen LogP contribution < -0.4 is 10.6 Å². The third-order valence-electron chi connectivity index (χ3n) is 4.58. The van der Waals surface area contributed by atoms with E-state index >= 15 is 0 Å². The molecule has 0 aliphatic carbocycles. The maximum Gasteiger partial charge on any atom is 0.227 e. The Kier molecular flexibility index (Phi) is 3.73. The third kappa shape index (κ3) is 2.33. The number of carbonyl (C=O) groups is 1. The standard InChI is InChI=1S/C13H25N3O/c1-4-10-7-15-8-11(10)16-6-5-13(2,9-16)12(17)14-3/h10-11,15H,4-9H2,1-3H3,(H,14,17). The lowest BCUT2D eigenvalue weighted by molar-refractivity contribution is -0.129. The van der Waals surface area contributed by atoms with Crippen LogP contribution in [0.5, 0.6) is 0 Å². The summed E-state index contributed by atoms with van der Waals surface area (Å²) < 4.78 is 0. The topological polar surface area (TPSA) is 44.4 Å². The van der Waals surface area contributed by atoms with E-state index in [1.807, 2.05) is 0 Å². The van der Waals surface area contributed by atoms with E-state index in [4.69, 9.17) is 0 Å². The molecule has 2 heterocycles. The summed E-state index contributed by atoms with van der Waals surface area (Å²) in [5.74, 6) is 0.945. The molecule has 2 N–H and O–H groups in total.